The van der Waals surface area contributed by atoms with Gasteiger partial charge in [0.2, 0.25) is 11.8 Å². The third kappa shape index (κ3) is 5.01. The zero-order chi connectivity index (χ0) is 19.5. The van der Waals surface area contributed by atoms with E-state index in [4.69, 9.17) is 0 Å². The summed E-state index contributed by atoms with van der Waals surface area (Å²) in [5, 5.41) is 13.6. The van der Waals surface area contributed by atoms with E-state index < -0.39 is 10.3 Å². The quantitative estimate of drug-likeness (QED) is 0.653. The average Bonchev–Trinajstić information content (AvgIpc) is 2.55. The number of carbonyl (C=O) groups excluding carboxylic acids is 2. The summed E-state index contributed by atoms with van der Waals surface area (Å²) in [6.45, 7) is 10.1. The summed E-state index contributed by atoms with van der Waals surface area (Å²) in [6.07, 6.45) is 0. The van der Waals surface area contributed by atoms with Crippen molar-refractivity contribution < 1.29 is 14.5 Å². The highest BCUT2D eigenvalue weighted by Gasteiger charge is 2.30. The molecule has 8 nitrogen and oxygen atoms in total. The fourth-order valence-corrected chi connectivity index (χ4v) is 2.83. The maximum atomic E-state index is 12.3. The van der Waals surface area contributed by atoms with Crippen LogP contribution in [-0.4, -0.2) is 59.3 Å². The molecule has 0 saturated carbocycles. The second kappa shape index (κ2) is 7.82. The first-order valence-electron chi connectivity index (χ1n) is 8.64. The van der Waals surface area contributed by atoms with Crippen LogP contribution in [0, 0.1) is 22.5 Å². The largest absolute Gasteiger partial charge is 0.340 e. The van der Waals surface area contributed by atoms with Crippen LogP contribution < -0.4 is 5.32 Å². The van der Waals surface area contributed by atoms with Crippen LogP contribution in [-0.2, 0) is 9.59 Å². The fraction of sp³-hybridized carbons (Fsp3) is 0.556. The zero-order valence-electron chi connectivity index (χ0n) is 15.7. The van der Waals surface area contributed by atoms with Gasteiger partial charge >= 0.3 is 0 Å². The first-order valence-corrected chi connectivity index (χ1v) is 8.64. The predicted octanol–water partition coefficient (Wildman–Crippen LogP) is 2.03. The van der Waals surface area contributed by atoms with Crippen molar-refractivity contribution in [3.8, 4) is 0 Å². The van der Waals surface area contributed by atoms with E-state index in [0.29, 0.717) is 31.9 Å². The Bertz CT molecular complexity index is 704. The number of nitrogens with zero attached hydrogens (tertiary/aromatic N) is 3. The summed E-state index contributed by atoms with van der Waals surface area (Å²) in [6, 6.07) is 4.40. The number of nitro groups is 1. The molecule has 1 saturated heterocycles. The van der Waals surface area contributed by atoms with E-state index in [1.807, 2.05) is 30.6 Å². The summed E-state index contributed by atoms with van der Waals surface area (Å²) >= 11 is 0. The second-order valence-electron chi connectivity index (χ2n) is 7.62. The fourth-order valence-electron chi connectivity index (χ4n) is 2.83. The van der Waals surface area contributed by atoms with Gasteiger partial charge in [0.15, 0.2) is 0 Å². The average molecular weight is 362 g/mol. The van der Waals surface area contributed by atoms with Gasteiger partial charge in [0.05, 0.1) is 17.2 Å². The number of benzene rings is 1. The lowest BCUT2D eigenvalue weighted by Gasteiger charge is -2.37. The Balaban J connectivity index is 1.89. The van der Waals surface area contributed by atoms with Crippen molar-refractivity contribution in [2.24, 2.45) is 5.41 Å². The standard InChI is InChI=1S/C18H26N4O4/c1-13-5-6-14(22(25)26)11-15(13)19-16(23)12-20-7-9-21(10-8-20)17(24)18(2,3)4/h5-6,11H,7-10,12H2,1-4H3,(H,19,23). The number of non-ortho nitro benzene ring substituents is 1. The molecule has 2 amide bonds. The predicted molar refractivity (Wildman–Crippen MR) is 98.9 cm³/mol. The van der Waals surface area contributed by atoms with E-state index in [1.54, 1.807) is 13.0 Å². The Morgan fingerprint density at radius 1 is 1.19 bits per heavy atom. The van der Waals surface area contributed by atoms with Gasteiger partial charge in [-0.1, -0.05) is 26.8 Å². The lowest BCUT2D eigenvalue weighted by molar-refractivity contribution is -0.384. The van der Waals surface area contributed by atoms with Crippen molar-refractivity contribution in [3.05, 3.63) is 33.9 Å². The number of amides is 2. The van der Waals surface area contributed by atoms with Crippen molar-refractivity contribution in [2.45, 2.75) is 27.7 Å². The van der Waals surface area contributed by atoms with Gasteiger partial charge in [-0.3, -0.25) is 24.6 Å². The van der Waals surface area contributed by atoms with Crippen LogP contribution in [0.2, 0.25) is 0 Å². The third-order valence-electron chi connectivity index (χ3n) is 4.37. The van der Waals surface area contributed by atoms with Crippen molar-refractivity contribution >= 4 is 23.2 Å². The van der Waals surface area contributed by atoms with Crippen LogP contribution in [0.5, 0.6) is 0 Å². The third-order valence-corrected chi connectivity index (χ3v) is 4.37. The van der Waals surface area contributed by atoms with Gasteiger partial charge < -0.3 is 10.2 Å². The molecule has 0 spiro atoms. The van der Waals surface area contributed by atoms with Gasteiger partial charge in [-0.05, 0) is 12.5 Å². The topological polar surface area (TPSA) is 95.8 Å². The van der Waals surface area contributed by atoms with Crippen LogP contribution in [0.15, 0.2) is 18.2 Å². The Hall–Kier alpha value is -2.48. The number of hydrogen-bond acceptors (Lipinski definition) is 5. The minimum absolute atomic E-state index is 0.0554. The number of rotatable bonds is 4. The molecule has 1 aromatic carbocycles. The van der Waals surface area contributed by atoms with Gasteiger partial charge in [-0.15, -0.1) is 0 Å². The summed E-state index contributed by atoms with van der Waals surface area (Å²) in [5.74, 6) is -0.0991. The number of piperazine rings is 1. The zero-order valence-corrected chi connectivity index (χ0v) is 15.7. The maximum absolute atomic E-state index is 12.3. The highest BCUT2D eigenvalue weighted by molar-refractivity contribution is 5.93. The van der Waals surface area contributed by atoms with Gasteiger partial charge in [-0.25, -0.2) is 0 Å². The Labute approximate surface area is 153 Å². The molecule has 0 bridgehead atoms. The monoisotopic (exact) mass is 362 g/mol. The molecule has 1 aliphatic rings. The van der Waals surface area contributed by atoms with Crippen molar-refractivity contribution in [1.82, 2.24) is 9.80 Å². The molecule has 8 heteroatoms. The van der Waals surface area contributed by atoms with Crippen molar-refractivity contribution in [2.75, 3.05) is 38.0 Å². The van der Waals surface area contributed by atoms with Crippen molar-refractivity contribution in [3.63, 3.8) is 0 Å². The summed E-state index contributed by atoms with van der Waals surface area (Å²) in [7, 11) is 0. The van der Waals surface area contributed by atoms with E-state index in [2.05, 4.69) is 5.32 Å². The lowest BCUT2D eigenvalue weighted by atomic mass is 9.94. The van der Waals surface area contributed by atoms with E-state index in [-0.39, 0.29) is 24.0 Å². The van der Waals surface area contributed by atoms with Crippen molar-refractivity contribution in [1.29, 1.82) is 0 Å². The minimum Gasteiger partial charge on any atom is -0.340 e. The van der Waals surface area contributed by atoms with Gasteiger partial charge in [0.1, 0.15) is 0 Å². The number of carbonyl (C=O) groups is 2. The molecular formula is C18H26N4O4. The summed E-state index contributed by atoms with van der Waals surface area (Å²) < 4.78 is 0. The van der Waals surface area contributed by atoms with Gasteiger partial charge in [0, 0.05) is 43.7 Å². The molecule has 0 aliphatic carbocycles. The number of nitro benzene ring substituents is 1. The highest BCUT2D eigenvalue weighted by atomic mass is 16.6. The van der Waals surface area contributed by atoms with Crippen LogP contribution in [0.3, 0.4) is 0 Å². The first-order chi connectivity index (χ1) is 12.1. The summed E-state index contributed by atoms with van der Waals surface area (Å²) in [4.78, 5) is 38.8. The SMILES string of the molecule is Cc1ccc([N+](=O)[O-])cc1NC(=O)CN1CCN(C(=O)C(C)(C)C)CC1. The Kier molecular flexibility index (Phi) is 5.97. The van der Waals surface area contributed by atoms with E-state index in [9.17, 15) is 19.7 Å². The van der Waals surface area contributed by atoms with E-state index in [0.717, 1.165) is 5.56 Å². The van der Waals surface area contributed by atoms with E-state index >= 15 is 0 Å². The second-order valence-corrected chi connectivity index (χ2v) is 7.62. The van der Waals surface area contributed by atoms with Crippen LogP contribution in [0.25, 0.3) is 0 Å². The molecule has 0 radical (unpaired) electrons. The highest BCUT2D eigenvalue weighted by Crippen LogP contribution is 2.22. The smallest absolute Gasteiger partial charge is 0.271 e. The molecular weight excluding hydrogens is 336 g/mol. The minimum atomic E-state index is -0.486. The molecule has 26 heavy (non-hydrogen) atoms. The Morgan fingerprint density at radius 2 is 1.81 bits per heavy atom. The number of hydrogen-bond donors (Lipinski definition) is 1. The number of aryl methyl sites for hydroxylation is 1. The number of anilines is 1. The Morgan fingerprint density at radius 3 is 2.35 bits per heavy atom. The lowest BCUT2D eigenvalue weighted by Crippen LogP contribution is -2.52. The van der Waals surface area contributed by atoms with Crippen LogP contribution in [0.4, 0.5) is 11.4 Å². The molecule has 1 heterocycles. The van der Waals surface area contributed by atoms with Gasteiger partial charge in [0.25, 0.3) is 5.69 Å². The molecule has 1 N–H and O–H groups in total. The summed E-state index contributed by atoms with van der Waals surface area (Å²) in [5.41, 5.74) is 0.759. The molecule has 1 aromatic rings. The molecule has 2 rings (SSSR count). The first kappa shape index (κ1) is 19.8. The van der Waals surface area contributed by atoms with Gasteiger partial charge in [-0.2, -0.15) is 0 Å². The number of nitrogens with one attached hydrogen (secondary N) is 1. The van der Waals surface area contributed by atoms with E-state index in [1.165, 1.54) is 12.1 Å². The maximum Gasteiger partial charge on any atom is 0.271 e. The van der Waals surface area contributed by atoms with Crippen LogP contribution >= 0.6 is 0 Å². The molecule has 0 unspecified atom stereocenters. The molecule has 142 valence electrons. The molecule has 0 aromatic heterocycles. The van der Waals surface area contributed by atoms with Crippen LogP contribution in [0.1, 0.15) is 26.3 Å². The normalized spacial score (nSPS) is 15.6. The molecule has 1 fully saturated rings. The molecule has 0 atom stereocenters. The molecule has 1 aliphatic heterocycles.